The number of likely N-dealkylation sites (tertiary alicyclic amines) is 1. The molecular formula is C13H13F2NO2. The lowest BCUT2D eigenvalue weighted by Gasteiger charge is -2.19. The van der Waals surface area contributed by atoms with E-state index in [2.05, 4.69) is 0 Å². The predicted octanol–water partition coefficient (Wildman–Crippen LogP) is 1.66. The maximum absolute atomic E-state index is 13.2. The Balaban J connectivity index is 2.04. The van der Waals surface area contributed by atoms with Crippen LogP contribution >= 0.6 is 0 Å². The van der Waals surface area contributed by atoms with Crippen LogP contribution in [0, 0.1) is 0 Å². The topological polar surface area (TPSA) is 37.4 Å². The van der Waals surface area contributed by atoms with E-state index in [1.165, 1.54) is 0 Å². The molecule has 1 aliphatic heterocycles. The summed E-state index contributed by atoms with van der Waals surface area (Å²) in [7, 11) is 0. The van der Waals surface area contributed by atoms with Crippen molar-refractivity contribution in [3.05, 3.63) is 35.9 Å². The minimum absolute atomic E-state index is 0.141. The van der Waals surface area contributed by atoms with E-state index in [1.807, 2.05) is 30.3 Å². The van der Waals surface area contributed by atoms with Crippen LogP contribution in [0.4, 0.5) is 8.78 Å². The van der Waals surface area contributed by atoms with Gasteiger partial charge in [-0.25, -0.2) is 0 Å². The molecule has 0 saturated carbocycles. The SMILES string of the molecule is O=C[C@H]1CC(F)(F)C(=O)N1CCc1ccccc1. The van der Waals surface area contributed by atoms with Crippen molar-refractivity contribution in [3.8, 4) is 0 Å². The largest absolute Gasteiger partial charge is 0.327 e. The number of alkyl halides is 2. The molecule has 1 fully saturated rings. The lowest BCUT2D eigenvalue weighted by atomic mass is 10.1. The first-order chi connectivity index (χ1) is 8.54. The molecule has 0 bridgehead atoms. The van der Waals surface area contributed by atoms with Crippen LogP contribution in [0.15, 0.2) is 30.3 Å². The van der Waals surface area contributed by atoms with E-state index in [9.17, 15) is 18.4 Å². The highest BCUT2D eigenvalue weighted by atomic mass is 19.3. The van der Waals surface area contributed by atoms with Crippen molar-refractivity contribution >= 4 is 12.2 Å². The van der Waals surface area contributed by atoms with Gasteiger partial charge in [-0.15, -0.1) is 0 Å². The van der Waals surface area contributed by atoms with E-state index in [4.69, 9.17) is 0 Å². The van der Waals surface area contributed by atoms with Gasteiger partial charge in [0.25, 0.3) is 5.91 Å². The van der Waals surface area contributed by atoms with Gasteiger partial charge in [-0.2, -0.15) is 8.78 Å². The first-order valence-electron chi connectivity index (χ1n) is 5.73. The van der Waals surface area contributed by atoms with Gasteiger partial charge in [0.1, 0.15) is 6.29 Å². The van der Waals surface area contributed by atoms with Gasteiger partial charge >= 0.3 is 5.92 Å². The molecule has 0 radical (unpaired) electrons. The van der Waals surface area contributed by atoms with Crippen LogP contribution in [0.3, 0.4) is 0 Å². The molecule has 1 aromatic carbocycles. The van der Waals surface area contributed by atoms with E-state index < -0.39 is 24.3 Å². The Hall–Kier alpha value is -1.78. The van der Waals surface area contributed by atoms with E-state index in [1.54, 1.807) is 0 Å². The zero-order chi connectivity index (χ0) is 13.2. The van der Waals surface area contributed by atoms with Crippen LogP contribution in [0.2, 0.25) is 0 Å². The van der Waals surface area contributed by atoms with Crippen LogP contribution in [-0.4, -0.2) is 35.6 Å². The average molecular weight is 253 g/mol. The summed E-state index contributed by atoms with van der Waals surface area (Å²) in [4.78, 5) is 23.1. The van der Waals surface area contributed by atoms with Gasteiger partial charge in [0.2, 0.25) is 0 Å². The van der Waals surface area contributed by atoms with Gasteiger partial charge in [-0.1, -0.05) is 30.3 Å². The Morgan fingerprint density at radius 1 is 1.33 bits per heavy atom. The molecule has 1 saturated heterocycles. The molecule has 2 rings (SSSR count). The van der Waals surface area contributed by atoms with Crippen molar-refractivity contribution in [3.63, 3.8) is 0 Å². The lowest BCUT2D eigenvalue weighted by molar-refractivity contribution is -0.148. The molecule has 0 spiro atoms. The maximum Gasteiger partial charge on any atom is 0.327 e. The fourth-order valence-corrected chi connectivity index (χ4v) is 2.10. The number of hydrogen-bond donors (Lipinski definition) is 0. The Labute approximate surface area is 103 Å². The molecule has 0 aromatic heterocycles. The van der Waals surface area contributed by atoms with Crippen molar-refractivity contribution in [2.75, 3.05) is 6.54 Å². The highest BCUT2D eigenvalue weighted by molar-refractivity contribution is 5.89. The molecule has 3 nitrogen and oxygen atoms in total. The second kappa shape index (κ2) is 4.84. The molecule has 5 heteroatoms. The Morgan fingerprint density at radius 2 is 2.00 bits per heavy atom. The fourth-order valence-electron chi connectivity index (χ4n) is 2.10. The van der Waals surface area contributed by atoms with E-state index in [-0.39, 0.29) is 6.54 Å². The van der Waals surface area contributed by atoms with Crippen LogP contribution in [-0.2, 0) is 16.0 Å². The molecule has 1 aromatic rings. The first-order valence-corrected chi connectivity index (χ1v) is 5.73. The molecule has 1 atom stereocenters. The summed E-state index contributed by atoms with van der Waals surface area (Å²) in [5.41, 5.74) is 0.949. The van der Waals surface area contributed by atoms with Crippen LogP contribution in [0.5, 0.6) is 0 Å². The smallest absolute Gasteiger partial charge is 0.327 e. The van der Waals surface area contributed by atoms with Gasteiger partial charge in [0.05, 0.1) is 6.04 Å². The van der Waals surface area contributed by atoms with Crippen molar-refractivity contribution in [1.82, 2.24) is 4.90 Å². The van der Waals surface area contributed by atoms with Crippen LogP contribution in [0.1, 0.15) is 12.0 Å². The zero-order valence-corrected chi connectivity index (χ0v) is 9.68. The fraction of sp³-hybridized carbons (Fsp3) is 0.385. The molecular weight excluding hydrogens is 240 g/mol. The average Bonchev–Trinajstić information content (AvgIpc) is 2.59. The van der Waals surface area contributed by atoms with E-state index in [0.717, 1.165) is 10.5 Å². The number of benzene rings is 1. The number of aldehydes is 1. The molecule has 96 valence electrons. The van der Waals surface area contributed by atoms with Gasteiger partial charge in [-0.3, -0.25) is 4.79 Å². The summed E-state index contributed by atoms with van der Waals surface area (Å²) >= 11 is 0. The molecule has 0 N–H and O–H groups in total. The zero-order valence-electron chi connectivity index (χ0n) is 9.68. The minimum atomic E-state index is -3.40. The monoisotopic (exact) mass is 253 g/mol. The Bertz CT molecular complexity index is 448. The summed E-state index contributed by atoms with van der Waals surface area (Å²) < 4.78 is 26.4. The number of rotatable bonds is 4. The minimum Gasteiger partial charge on any atom is -0.327 e. The number of carbonyl (C=O) groups is 2. The highest BCUT2D eigenvalue weighted by Crippen LogP contribution is 2.32. The maximum atomic E-state index is 13.2. The second-order valence-corrected chi connectivity index (χ2v) is 4.35. The number of amides is 1. The third kappa shape index (κ3) is 2.39. The van der Waals surface area contributed by atoms with Gasteiger partial charge < -0.3 is 9.69 Å². The van der Waals surface area contributed by atoms with Crippen LogP contribution < -0.4 is 0 Å². The first kappa shape index (κ1) is 12.7. The Morgan fingerprint density at radius 3 is 2.61 bits per heavy atom. The number of nitrogens with zero attached hydrogens (tertiary/aromatic N) is 1. The third-order valence-corrected chi connectivity index (χ3v) is 3.08. The van der Waals surface area contributed by atoms with E-state index >= 15 is 0 Å². The summed E-state index contributed by atoms with van der Waals surface area (Å²) in [5, 5.41) is 0. The summed E-state index contributed by atoms with van der Waals surface area (Å²) in [5.74, 6) is -4.64. The van der Waals surface area contributed by atoms with Crippen molar-refractivity contribution in [1.29, 1.82) is 0 Å². The van der Waals surface area contributed by atoms with Crippen molar-refractivity contribution in [2.24, 2.45) is 0 Å². The predicted molar refractivity (Wildman–Crippen MR) is 61.3 cm³/mol. The molecule has 1 aliphatic rings. The second-order valence-electron chi connectivity index (χ2n) is 4.35. The van der Waals surface area contributed by atoms with Crippen LogP contribution in [0.25, 0.3) is 0 Å². The van der Waals surface area contributed by atoms with Gasteiger partial charge in [-0.05, 0) is 12.0 Å². The number of halogens is 2. The lowest BCUT2D eigenvalue weighted by Crippen LogP contribution is -2.38. The third-order valence-electron chi connectivity index (χ3n) is 3.08. The Kier molecular flexibility index (Phi) is 3.41. The molecule has 0 unspecified atom stereocenters. The molecule has 1 heterocycles. The van der Waals surface area contributed by atoms with E-state index in [0.29, 0.717) is 12.7 Å². The summed E-state index contributed by atoms with van der Waals surface area (Å²) in [6.07, 6.45) is 0.181. The van der Waals surface area contributed by atoms with Gasteiger partial charge in [0, 0.05) is 13.0 Å². The molecule has 1 amide bonds. The summed E-state index contributed by atoms with van der Waals surface area (Å²) in [6.45, 7) is 0.141. The molecule has 18 heavy (non-hydrogen) atoms. The summed E-state index contributed by atoms with van der Waals surface area (Å²) in [6, 6.07) is 8.24. The number of hydrogen-bond acceptors (Lipinski definition) is 2. The normalized spacial score (nSPS) is 22.2. The number of carbonyl (C=O) groups excluding carboxylic acids is 2. The van der Waals surface area contributed by atoms with Gasteiger partial charge in [0.15, 0.2) is 0 Å². The molecule has 0 aliphatic carbocycles. The van der Waals surface area contributed by atoms with Crippen molar-refractivity contribution in [2.45, 2.75) is 24.8 Å². The highest BCUT2D eigenvalue weighted by Gasteiger charge is 2.53. The van der Waals surface area contributed by atoms with Crippen molar-refractivity contribution < 1.29 is 18.4 Å². The standard InChI is InChI=1S/C13H13F2NO2/c14-13(15)8-11(9-17)16(12(13)18)7-6-10-4-2-1-3-5-10/h1-5,9,11H,6-8H2/t11-/m1/s1. The quantitative estimate of drug-likeness (QED) is 0.765.